The number of aromatic nitrogens is 1. The van der Waals surface area contributed by atoms with Gasteiger partial charge < -0.3 is 10.4 Å². The van der Waals surface area contributed by atoms with E-state index in [9.17, 15) is 5.11 Å². The van der Waals surface area contributed by atoms with Gasteiger partial charge in [-0.1, -0.05) is 6.07 Å². The Morgan fingerprint density at radius 1 is 1.39 bits per heavy atom. The highest BCUT2D eigenvalue weighted by Gasteiger charge is 2.29. The lowest BCUT2D eigenvalue weighted by Crippen LogP contribution is -2.16. The number of hydrogen-bond acceptors (Lipinski definition) is 3. The molecular formula is C14H15ClN2O. The van der Waals surface area contributed by atoms with Crippen LogP contribution in [0.4, 0.5) is 5.82 Å². The lowest BCUT2D eigenvalue weighted by molar-refractivity contribution is 0.476. The van der Waals surface area contributed by atoms with E-state index in [0.29, 0.717) is 12.5 Å². The smallest absolute Gasteiger partial charge is 0.134 e. The standard InChI is InChI=1S/C14H15ClN2O/c15-13(10-1-2-10)8-17-14-12-7-11(18)4-3-9(12)5-6-16-14/h3-7,10,13,18H,1-2,8H2,(H,16,17). The molecule has 0 radical (unpaired) electrons. The second kappa shape index (κ2) is 4.65. The van der Waals surface area contributed by atoms with Gasteiger partial charge in [-0.2, -0.15) is 0 Å². The molecule has 1 aliphatic carbocycles. The first-order valence-electron chi connectivity index (χ1n) is 6.20. The van der Waals surface area contributed by atoms with E-state index in [4.69, 9.17) is 11.6 Å². The van der Waals surface area contributed by atoms with Crippen molar-refractivity contribution in [2.24, 2.45) is 5.92 Å². The van der Waals surface area contributed by atoms with E-state index in [1.54, 1.807) is 18.3 Å². The zero-order chi connectivity index (χ0) is 12.5. The number of phenols is 1. The summed E-state index contributed by atoms with van der Waals surface area (Å²) < 4.78 is 0. The normalized spacial score (nSPS) is 16.7. The van der Waals surface area contributed by atoms with E-state index in [1.807, 2.05) is 12.1 Å². The molecule has 18 heavy (non-hydrogen) atoms. The molecule has 1 aromatic carbocycles. The first-order chi connectivity index (χ1) is 8.74. The number of alkyl halides is 1. The van der Waals surface area contributed by atoms with Crippen LogP contribution in [0.1, 0.15) is 12.8 Å². The quantitative estimate of drug-likeness (QED) is 0.831. The number of halogens is 1. The predicted octanol–water partition coefficient (Wildman–Crippen LogP) is 3.37. The Bertz CT molecular complexity index is 569. The molecule has 2 aromatic rings. The van der Waals surface area contributed by atoms with Crippen LogP contribution in [0.15, 0.2) is 30.5 Å². The van der Waals surface area contributed by atoms with Crippen molar-refractivity contribution in [3.8, 4) is 5.75 Å². The van der Waals surface area contributed by atoms with Crippen LogP contribution in [-0.2, 0) is 0 Å². The topological polar surface area (TPSA) is 45.2 Å². The van der Waals surface area contributed by atoms with Gasteiger partial charge in [0.25, 0.3) is 0 Å². The maximum atomic E-state index is 9.55. The molecule has 1 heterocycles. The van der Waals surface area contributed by atoms with Gasteiger partial charge in [0.15, 0.2) is 0 Å². The van der Waals surface area contributed by atoms with Crippen LogP contribution < -0.4 is 5.32 Å². The molecule has 0 amide bonds. The van der Waals surface area contributed by atoms with E-state index < -0.39 is 0 Å². The first-order valence-corrected chi connectivity index (χ1v) is 6.63. The largest absolute Gasteiger partial charge is 0.508 e. The molecule has 0 saturated heterocycles. The second-order valence-electron chi connectivity index (χ2n) is 4.80. The number of rotatable bonds is 4. The molecular weight excluding hydrogens is 248 g/mol. The highest BCUT2D eigenvalue weighted by molar-refractivity contribution is 6.21. The summed E-state index contributed by atoms with van der Waals surface area (Å²) in [4.78, 5) is 4.32. The zero-order valence-electron chi connectivity index (χ0n) is 9.94. The highest BCUT2D eigenvalue weighted by atomic mass is 35.5. The van der Waals surface area contributed by atoms with E-state index >= 15 is 0 Å². The summed E-state index contributed by atoms with van der Waals surface area (Å²) in [6.45, 7) is 0.716. The average Bonchev–Trinajstić information content (AvgIpc) is 3.20. The van der Waals surface area contributed by atoms with E-state index in [-0.39, 0.29) is 11.1 Å². The number of fused-ring (bicyclic) bond motifs is 1. The summed E-state index contributed by atoms with van der Waals surface area (Å²) >= 11 is 6.27. The van der Waals surface area contributed by atoms with Crippen molar-refractivity contribution in [1.29, 1.82) is 0 Å². The maximum absolute atomic E-state index is 9.55. The van der Waals surface area contributed by atoms with Gasteiger partial charge in [-0.05, 0) is 42.3 Å². The number of phenolic OH excluding ortho intramolecular Hbond substituents is 1. The van der Waals surface area contributed by atoms with Gasteiger partial charge in [0.2, 0.25) is 0 Å². The summed E-state index contributed by atoms with van der Waals surface area (Å²) in [5.41, 5.74) is 0. The fourth-order valence-corrected chi connectivity index (χ4v) is 2.45. The third-order valence-corrected chi connectivity index (χ3v) is 3.86. The Labute approximate surface area is 111 Å². The molecule has 1 unspecified atom stereocenters. The summed E-state index contributed by atoms with van der Waals surface area (Å²) in [6.07, 6.45) is 4.24. The van der Waals surface area contributed by atoms with Crippen LogP contribution in [0, 0.1) is 5.92 Å². The number of anilines is 1. The molecule has 0 aliphatic heterocycles. The third kappa shape index (κ3) is 2.36. The number of nitrogens with one attached hydrogen (secondary N) is 1. The Morgan fingerprint density at radius 2 is 2.22 bits per heavy atom. The van der Waals surface area contributed by atoms with Crippen LogP contribution in [0.25, 0.3) is 10.8 Å². The summed E-state index contributed by atoms with van der Waals surface area (Å²) in [6, 6.07) is 7.22. The summed E-state index contributed by atoms with van der Waals surface area (Å²) in [5.74, 6) is 1.69. The minimum Gasteiger partial charge on any atom is -0.508 e. The van der Waals surface area contributed by atoms with Crippen molar-refractivity contribution < 1.29 is 5.11 Å². The Morgan fingerprint density at radius 3 is 3.00 bits per heavy atom. The lowest BCUT2D eigenvalue weighted by atomic mass is 10.1. The Kier molecular flexibility index (Phi) is 3.00. The number of benzene rings is 1. The number of nitrogens with zero attached hydrogens (tertiary/aromatic N) is 1. The molecule has 0 spiro atoms. The molecule has 2 N–H and O–H groups in total. The number of aromatic hydroxyl groups is 1. The van der Waals surface area contributed by atoms with Crippen LogP contribution in [-0.4, -0.2) is 22.0 Å². The predicted molar refractivity (Wildman–Crippen MR) is 74.3 cm³/mol. The van der Waals surface area contributed by atoms with Gasteiger partial charge in [0.1, 0.15) is 11.6 Å². The first kappa shape index (κ1) is 11.6. The molecule has 3 rings (SSSR count). The van der Waals surface area contributed by atoms with Crippen LogP contribution >= 0.6 is 11.6 Å². The minimum absolute atomic E-state index is 0.166. The highest BCUT2D eigenvalue weighted by Crippen LogP contribution is 2.36. The van der Waals surface area contributed by atoms with Crippen molar-refractivity contribution in [2.45, 2.75) is 18.2 Å². The van der Waals surface area contributed by atoms with Crippen molar-refractivity contribution in [3.05, 3.63) is 30.5 Å². The molecule has 3 nitrogen and oxygen atoms in total. The van der Waals surface area contributed by atoms with E-state index in [2.05, 4.69) is 10.3 Å². The molecule has 1 atom stereocenters. The van der Waals surface area contributed by atoms with Gasteiger partial charge in [-0.25, -0.2) is 4.98 Å². The second-order valence-corrected chi connectivity index (χ2v) is 5.36. The fourth-order valence-electron chi connectivity index (χ4n) is 2.12. The van der Waals surface area contributed by atoms with Crippen LogP contribution in [0.5, 0.6) is 5.75 Å². The van der Waals surface area contributed by atoms with Crippen molar-refractivity contribution >= 4 is 28.2 Å². The summed E-state index contributed by atoms with van der Waals surface area (Å²) in [5, 5.41) is 15.0. The van der Waals surface area contributed by atoms with Crippen molar-refractivity contribution in [3.63, 3.8) is 0 Å². The molecule has 1 aliphatic rings. The van der Waals surface area contributed by atoms with Gasteiger partial charge in [0, 0.05) is 18.1 Å². The molecule has 1 aromatic heterocycles. The zero-order valence-corrected chi connectivity index (χ0v) is 10.7. The molecule has 0 bridgehead atoms. The molecule has 4 heteroatoms. The number of pyridine rings is 1. The molecule has 1 saturated carbocycles. The Hall–Kier alpha value is -1.48. The third-order valence-electron chi connectivity index (χ3n) is 3.35. The molecule has 94 valence electrons. The van der Waals surface area contributed by atoms with E-state index in [1.165, 1.54) is 12.8 Å². The van der Waals surface area contributed by atoms with Crippen LogP contribution in [0.3, 0.4) is 0 Å². The minimum atomic E-state index is 0.166. The van der Waals surface area contributed by atoms with Crippen LogP contribution in [0.2, 0.25) is 0 Å². The average molecular weight is 263 g/mol. The lowest BCUT2D eigenvalue weighted by Gasteiger charge is -2.12. The summed E-state index contributed by atoms with van der Waals surface area (Å²) in [7, 11) is 0. The molecule has 1 fully saturated rings. The van der Waals surface area contributed by atoms with E-state index in [0.717, 1.165) is 16.6 Å². The monoisotopic (exact) mass is 262 g/mol. The maximum Gasteiger partial charge on any atom is 0.134 e. The van der Waals surface area contributed by atoms with Crippen molar-refractivity contribution in [2.75, 3.05) is 11.9 Å². The van der Waals surface area contributed by atoms with Crippen molar-refractivity contribution in [1.82, 2.24) is 4.98 Å². The number of hydrogen-bond donors (Lipinski definition) is 2. The van der Waals surface area contributed by atoms with Gasteiger partial charge in [0.05, 0.1) is 5.38 Å². The SMILES string of the molecule is Oc1ccc2ccnc(NCC(Cl)C3CC3)c2c1. The van der Waals surface area contributed by atoms with Gasteiger partial charge in [-0.3, -0.25) is 0 Å². The van der Waals surface area contributed by atoms with Gasteiger partial charge in [-0.15, -0.1) is 11.6 Å². The fraction of sp³-hybridized carbons (Fsp3) is 0.357. The Balaban J connectivity index is 1.83. The van der Waals surface area contributed by atoms with Gasteiger partial charge >= 0.3 is 0 Å².